The molecule has 0 saturated carbocycles. The zero-order chi connectivity index (χ0) is 22.4. The Hall–Kier alpha value is -2.25. The second-order valence-electron chi connectivity index (χ2n) is 7.75. The SMILES string of the molecule is CCC(=O)NC1(C2=NOC(c3cc(Cl)cc(Cl)c3)(C(F)(F)F)C2)CCc2ccccc21. The Balaban J connectivity index is 1.82. The van der Waals surface area contributed by atoms with Crippen molar-refractivity contribution in [3.8, 4) is 0 Å². The predicted molar refractivity (Wildman–Crippen MR) is 112 cm³/mol. The summed E-state index contributed by atoms with van der Waals surface area (Å²) in [6, 6.07) is 11.1. The highest BCUT2D eigenvalue weighted by atomic mass is 35.5. The van der Waals surface area contributed by atoms with Crippen LogP contribution in [-0.4, -0.2) is 17.8 Å². The Morgan fingerprint density at radius 3 is 2.52 bits per heavy atom. The number of aryl methyl sites for hydroxylation is 1. The summed E-state index contributed by atoms with van der Waals surface area (Å²) < 4.78 is 43.2. The summed E-state index contributed by atoms with van der Waals surface area (Å²) in [6.07, 6.45) is -4.22. The van der Waals surface area contributed by atoms with E-state index < -0.39 is 23.7 Å². The summed E-state index contributed by atoms with van der Waals surface area (Å²) in [4.78, 5) is 17.6. The Bertz CT molecular complexity index is 1050. The highest BCUT2D eigenvalue weighted by molar-refractivity contribution is 6.34. The summed E-state index contributed by atoms with van der Waals surface area (Å²) in [5.74, 6) is -0.283. The smallest absolute Gasteiger partial charge is 0.374 e. The van der Waals surface area contributed by atoms with Crippen LogP contribution in [0.3, 0.4) is 0 Å². The van der Waals surface area contributed by atoms with Crippen molar-refractivity contribution >= 4 is 34.8 Å². The minimum absolute atomic E-state index is 0.0587. The van der Waals surface area contributed by atoms with Crippen molar-refractivity contribution in [3.05, 3.63) is 69.2 Å². The van der Waals surface area contributed by atoms with Crippen molar-refractivity contribution in [3.63, 3.8) is 0 Å². The summed E-state index contributed by atoms with van der Waals surface area (Å²) in [5.41, 5.74) is -2.34. The van der Waals surface area contributed by atoms with Crippen LogP contribution in [-0.2, 0) is 27.2 Å². The summed E-state index contributed by atoms with van der Waals surface area (Å²) in [6.45, 7) is 1.69. The van der Waals surface area contributed by atoms with E-state index in [0.717, 1.165) is 11.1 Å². The van der Waals surface area contributed by atoms with Gasteiger partial charge in [-0.05, 0) is 42.2 Å². The Kier molecular flexibility index (Phi) is 5.46. The van der Waals surface area contributed by atoms with Gasteiger partial charge >= 0.3 is 6.18 Å². The lowest BCUT2D eigenvalue weighted by Gasteiger charge is -2.34. The van der Waals surface area contributed by atoms with Crippen LogP contribution in [0, 0.1) is 0 Å². The number of halogens is 5. The molecular formula is C22H19Cl2F3N2O2. The maximum absolute atomic E-state index is 14.4. The molecule has 1 amide bonds. The molecule has 0 saturated heterocycles. The van der Waals surface area contributed by atoms with Gasteiger partial charge in [-0.2, -0.15) is 13.2 Å². The molecular weight excluding hydrogens is 452 g/mol. The second kappa shape index (κ2) is 7.71. The van der Waals surface area contributed by atoms with Gasteiger partial charge in [0.25, 0.3) is 5.60 Å². The molecule has 0 fully saturated rings. The molecule has 0 aromatic heterocycles. The van der Waals surface area contributed by atoms with E-state index in [1.165, 1.54) is 18.2 Å². The zero-order valence-electron chi connectivity index (χ0n) is 16.5. The Morgan fingerprint density at radius 2 is 1.87 bits per heavy atom. The van der Waals surface area contributed by atoms with Crippen molar-refractivity contribution < 1.29 is 22.8 Å². The van der Waals surface area contributed by atoms with Gasteiger partial charge in [-0.15, -0.1) is 0 Å². The molecule has 1 N–H and O–H groups in total. The number of nitrogens with zero attached hydrogens (tertiary/aromatic N) is 1. The summed E-state index contributed by atoms with van der Waals surface area (Å²) in [7, 11) is 0. The van der Waals surface area contributed by atoms with Gasteiger partial charge in [-0.1, -0.05) is 59.5 Å². The lowest BCUT2D eigenvalue weighted by Crippen LogP contribution is -2.52. The van der Waals surface area contributed by atoms with Crippen LogP contribution >= 0.6 is 23.2 Å². The van der Waals surface area contributed by atoms with E-state index in [9.17, 15) is 18.0 Å². The molecule has 1 aliphatic heterocycles. The zero-order valence-corrected chi connectivity index (χ0v) is 18.0. The first-order valence-electron chi connectivity index (χ1n) is 9.79. The van der Waals surface area contributed by atoms with Gasteiger partial charge in [0.1, 0.15) is 5.54 Å². The van der Waals surface area contributed by atoms with Gasteiger partial charge in [-0.3, -0.25) is 4.79 Å². The number of carbonyl (C=O) groups excluding carboxylic acids is 1. The van der Waals surface area contributed by atoms with Gasteiger partial charge in [0.05, 0.1) is 5.71 Å². The highest BCUT2D eigenvalue weighted by Gasteiger charge is 2.65. The molecule has 0 bridgehead atoms. The predicted octanol–water partition coefficient (Wildman–Crippen LogP) is 5.90. The first-order valence-corrected chi connectivity index (χ1v) is 10.5. The molecule has 2 aliphatic rings. The highest BCUT2D eigenvalue weighted by Crippen LogP contribution is 2.52. The molecule has 2 unspecified atom stereocenters. The molecule has 2 aromatic carbocycles. The quantitative estimate of drug-likeness (QED) is 0.604. The number of carbonyl (C=O) groups is 1. The van der Waals surface area contributed by atoms with Gasteiger partial charge in [0.2, 0.25) is 5.91 Å². The number of benzene rings is 2. The van der Waals surface area contributed by atoms with Gasteiger partial charge in [-0.25, -0.2) is 0 Å². The van der Waals surface area contributed by atoms with Crippen molar-refractivity contribution in [2.45, 2.75) is 49.9 Å². The fourth-order valence-electron chi connectivity index (χ4n) is 4.36. The van der Waals surface area contributed by atoms with Gasteiger partial charge in [0, 0.05) is 28.5 Å². The number of amides is 1. The van der Waals surface area contributed by atoms with Crippen molar-refractivity contribution in [1.82, 2.24) is 5.32 Å². The van der Waals surface area contributed by atoms with Crippen LogP contribution < -0.4 is 5.32 Å². The van der Waals surface area contributed by atoms with Gasteiger partial charge < -0.3 is 10.2 Å². The average molecular weight is 471 g/mol. The van der Waals surface area contributed by atoms with E-state index in [4.69, 9.17) is 28.0 Å². The first kappa shape index (κ1) is 22.0. The monoisotopic (exact) mass is 470 g/mol. The number of alkyl halides is 3. The van der Waals surface area contributed by atoms with Crippen LogP contribution in [0.1, 0.15) is 42.9 Å². The van der Waals surface area contributed by atoms with Crippen LogP contribution in [0.25, 0.3) is 0 Å². The number of nitrogens with one attached hydrogen (secondary N) is 1. The molecule has 2 aromatic rings. The standard InChI is InChI=1S/C22H19Cl2F3N2O2/c1-2-19(30)28-20(8-7-13-5-3-4-6-17(13)20)18-12-21(31-29-18,22(25,26)27)14-9-15(23)11-16(24)10-14/h3-6,9-11H,2,7-8,12H2,1H3,(H,28,30). The first-order chi connectivity index (χ1) is 14.6. The maximum Gasteiger partial charge on any atom is 0.435 e. The minimum atomic E-state index is -4.81. The number of hydrogen-bond acceptors (Lipinski definition) is 3. The van der Waals surface area contributed by atoms with E-state index in [1.807, 2.05) is 18.2 Å². The van der Waals surface area contributed by atoms with Crippen molar-refractivity contribution in [2.24, 2.45) is 5.16 Å². The average Bonchev–Trinajstić information content (AvgIpc) is 3.31. The Morgan fingerprint density at radius 1 is 1.19 bits per heavy atom. The fraction of sp³-hybridized carbons (Fsp3) is 0.364. The maximum atomic E-state index is 14.4. The van der Waals surface area contributed by atoms with Crippen molar-refractivity contribution in [1.29, 1.82) is 0 Å². The third-order valence-corrected chi connectivity index (χ3v) is 6.36. The topological polar surface area (TPSA) is 50.7 Å². The largest absolute Gasteiger partial charge is 0.435 e. The third kappa shape index (κ3) is 3.57. The lowest BCUT2D eigenvalue weighted by molar-refractivity contribution is -0.275. The van der Waals surface area contributed by atoms with E-state index in [0.29, 0.717) is 12.8 Å². The molecule has 4 nitrogen and oxygen atoms in total. The van der Waals surface area contributed by atoms with Crippen molar-refractivity contribution in [2.75, 3.05) is 0 Å². The second-order valence-corrected chi connectivity index (χ2v) is 8.63. The number of oxime groups is 1. The van der Waals surface area contributed by atoms with E-state index in [-0.39, 0.29) is 33.6 Å². The van der Waals surface area contributed by atoms with E-state index >= 15 is 0 Å². The molecule has 9 heteroatoms. The number of hydrogen-bond donors (Lipinski definition) is 1. The number of fused-ring (bicyclic) bond motifs is 1. The molecule has 164 valence electrons. The van der Waals surface area contributed by atoms with Crippen LogP contribution in [0.15, 0.2) is 47.6 Å². The normalized spacial score (nSPS) is 25.0. The number of rotatable bonds is 4. The van der Waals surface area contributed by atoms with Crippen LogP contribution in [0.5, 0.6) is 0 Å². The minimum Gasteiger partial charge on any atom is -0.374 e. The summed E-state index contributed by atoms with van der Waals surface area (Å²) in [5, 5.41) is 6.98. The molecule has 1 aliphatic carbocycles. The lowest BCUT2D eigenvalue weighted by atomic mass is 9.78. The third-order valence-electron chi connectivity index (χ3n) is 5.93. The molecule has 4 rings (SSSR count). The summed E-state index contributed by atoms with van der Waals surface area (Å²) >= 11 is 12.0. The molecule has 0 radical (unpaired) electrons. The Labute approximate surface area is 187 Å². The molecule has 0 spiro atoms. The van der Waals surface area contributed by atoms with Crippen LogP contribution in [0.2, 0.25) is 10.0 Å². The molecule has 31 heavy (non-hydrogen) atoms. The van der Waals surface area contributed by atoms with E-state index in [1.54, 1.807) is 13.0 Å². The fourth-order valence-corrected chi connectivity index (χ4v) is 4.89. The molecule has 2 atom stereocenters. The van der Waals surface area contributed by atoms with Gasteiger partial charge in [0.15, 0.2) is 0 Å². The van der Waals surface area contributed by atoms with Crippen LogP contribution in [0.4, 0.5) is 13.2 Å². The molecule has 1 heterocycles. The van der Waals surface area contributed by atoms with E-state index in [2.05, 4.69) is 10.5 Å².